The van der Waals surface area contributed by atoms with Crippen molar-refractivity contribution in [2.45, 2.75) is 0 Å². The van der Waals surface area contributed by atoms with Gasteiger partial charge in [-0.1, -0.05) is 0 Å². The topological polar surface area (TPSA) is 66.6 Å². The Morgan fingerprint density at radius 2 is 1.39 bits per heavy atom. The van der Waals surface area contributed by atoms with Crippen LogP contribution in [0.3, 0.4) is 0 Å². The van der Waals surface area contributed by atoms with Crippen molar-refractivity contribution in [3.05, 3.63) is 52.2 Å². The van der Waals surface area contributed by atoms with Crippen LogP contribution >= 0.6 is 23.7 Å². The van der Waals surface area contributed by atoms with Crippen molar-refractivity contribution < 1.29 is 9.59 Å². The van der Waals surface area contributed by atoms with E-state index < -0.39 is 0 Å². The van der Waals surface area contributed by atoms with Gasteiger partial charge >= 0.3 is 0 Å². The zero-order valence-corrected chi connectivity index (χ0v) is 14.1. The molecular weight excluding hydrogens is 334 g/mol. The first-order chi connectivity index (χ1) is 10.6. The average Bonchev–Trinajstić information content (AvgIpc) is 3.09. The van der Waals surface area contributed by atoms with E-state index in [-0.39, 0.29) is 24.2 Å². The number of anilines is 1. The summed E-state index contributed by atoms with van der Waals surface area (Å²) >= 11 is 1.51. The molecule has 2 amide bonds. The number of nitrogen functional groups attached to an aromatic ring is 1. The maximum absolute atomic E-state index is 12.4. The van der Waals surface area contributed by atoms with E-state index in [1.165, 1.54) is 11.3 Å². The molecule has 23 heavy (non-hydrogen) atoms. The Kier molecular flexibility index (Phi) is 5.63. The molecule has 5 nitrogen and oxygen atoms in total. The summed E-state index contributed by atoms with van der Waals surface area (Å²) in [5.41, 5.74) is 7.63. The van der Waals surface area contributed by atoms with Gasteiger partial charge in [-0.25, -0.2) is 0 Å². The van der Waals surface area contributed by atoms with Gasteiger partial charge in [0.05, 0.1) is 5.56 Å². The number of carbonyl (C=O) groups excluding carboxylic acids is 2. The summed E-state index contributed by atoms with van der Waals surface area (Å²) in [7, 11) is 0. The monoisotopic (exact) mass is 351 g/mol. The van der Waals surface area contributed by atoms with Crippen molar-refractivity contribution in [1.82, 2.24) is 9.80 Å². The molecule has 1 fully saturated rings. The van der Waals surface area contributed by atoms with Gasteiger partial charge < -0.3 is 15.5 Å². The highest BCUT2D eigenvalue weighted by Crippen LogP contribution is 2.14. The number of halogens is 1. The van der Waals surface area contributed by atoms with Crippen LogP contribution in [-0.2, 0) is 0 Å². The van der Waals surface area contributed by atoms with Gasteiger partial charge in [-0.15, -0.1) is 12.4 Å². The van der Waals surface area contributed by atoms with Crippen molar-refractivity contribution >= 4 is 41.2 Å². The Bertz CT molecular complexity index is 665. The van der Waals surface area contributed by atoms with Crippen LogP contribution in [0, 0.1) is 0 Å². The molecule has 0 aliphatic carbocycles. The van der Waals surface area contributed by atoms with Crippen LogP contribution in [0.4, 0.5) is 5.69 Å². The molecule has 3 rings (SSSR count). The predicted octanol–water partition coefficient (Wildman–Crippen LogP) is 2.35. The van der Waals surface area contributed by atoms with Crippen LogP contribution in [0.5, 0.6) is 0 Å². The van der Waals surface area contributed by atoms with Gasteiger partial charge in [0.2, 0.25) is 0 Å². The zero-order valence-electron chi connectivity index (χ0n) is 12.5. The molecule has 7 heteroatoms. The molecule has 2 heterocycles. The third-order valence-corrected chi connectivity index (χ3v) is 4.46. The molecule has 0 atom stereocenters. The van der Waals surface area contributed by atoms with Gasteiger partial charge in [-0.2, -0.15) is 11.3 Å². The summed E-state index contributed by atoms with van der Waals surface area (Å²) in [6.07, 6.45) is 0. The smallest absolute Gasteiger partial charge is 0.254 e. The number of benzene rings is 1. The molecule has 0 bridgehead atoms. The van der Waals surface area contributed by atoms with Crippen LogP contribution in [0.2, 0.25) is 0 Å². The number of piperazine rings is 1. The van der Waals surface area contributed by atoms with E-state index in [0.717, 1.165) is 5.56 Å². The number of thiophene rings is 1. The summed E-state index contributed by atoms with van der Waals surface area (Å²) in [6, 6.07) is 8.76. The van der Waals surface area contributed by atoms with Crippen LogP contribution in [0.25, 0.3) is 0 Å². The Balaban J connectivity index is 0.00000192. The second-order valence-electron chi connectivity index (χ2n) is 5.22. The Morgan fingerprint density at radius 1 is 0.870 bits per heavy atom. The van der Waals surface area contributed by atoms with Crippen LogP contribution < -0.4 is 5.73 Å². The number of nitrogens with two attached hydrogens (primary N) is 1. The minimum absolute atomic E-state index is 0. The van der Waals surface area contributed by atoms with E-state index in [2.05, 4.69) is 0 Å². The Hall–Kier alpha value is -2.05. The van der Waals surface area contributed by atoms with E-state index in [4.69, 9.17) is 5.73 Å². The Labute approximate surface area is 145 Å². The fraction of sp³-hybridized carbons (Fsp3) is 0.250. The summed E-state index contributed by atoms with van der Waals surface area (Å²) in [5.74, 6) is 0.0310. The van der Waals surface area contributed by atoms with Gasteiger partial charge in [0.1, 0.15) is 0 Å². The van der Waals surface area contributed by atoms with Gasteiger partial charge in [0.15, 0.2) is 0 Å². The predicted molar refractivity (Wildman–Crippen MR) is 94.2 cm³/mol. The minimum atomic E-state index is -0.0115. The quantitative estimate of drug-likeness (QED) is 0.844. The van der Waals surface area contributed by atoms with Crippen LogP contribution in [0.15, 0.2) is 41.1 Å². The van der Waals surface area contributed by atoms with Crippen molar-refractivity contribution in [2.75, 3.05) is 31.9 Å². The van der Waals surface area contributed by atoms with Gasteiger partial charge in [0.25, 0.3) is 11.8 Å². The zero-order chi connectivity index (χ0) is 15.5. The molecule has 1 aliphatic heterocycles. The highest BCUT2D eigenvalue weighted by molar-refractivity contribution is 7.08. The molecule has 2 N–H and O–H groups in total. The molecule has 122 valence electrons. The lowest BCUT2D eigenvalue weighted by Gasteiger charge is -2.34. The largest absolute Gasteiger partial charge is 0.399 e. The number of nitrogens with zero attached hydrogens (tertiary/aromatic N) is 2. The summed E-state index contributed by atoms with van der Waals surface area (Å²) in [6.45, 7) is 2.24. The molecule has 0 radical (unpaired) electrons. The van der Waals surface area contributed by atoms with Gasteiger partial charge in [-0.3, -0.25) is 9.59 Å². The first-order valence-electron chi connectivity index (χ1n) is 7.11. The second-order valence-corrected chi connectivity index (χ2v) is 6.00. The van der Waals surface area contributed by atoms with Crippen molar-refractivity contribution in [2.24, 2.45) is 0 Å². The summed E-state index contributed by atoms with van der Waals surface area (Å²) in [4.78, 5) is 28.2. The first kappa shape index (κ1) is 17.3. The number of hydrogen-bond acceptors (Lipinski definition) is 4. The standard InChI is InChI=1S/C16H17N3O2S.ClH/c17-14-3-1-12(2-4-14)15(20)18-6-8-19(9-7-18)16(21)13-5-10-22-11-13;/h1-5,10-11H,6-9,17H2;1H. The van der Waals surface area contributed by atoms with Crippen molar-refractivity contribution in [1.29, 1.82) is 0 Å². The summed E-state index contributed by atoms with van der Waals surface area (Å²) < 4.78 is 0. The maximum atomic E-state index is 12.4. The maximum Gasteiger partial charge on any atom is 0.254 e. The molecule has 0 saturated carbocycles. The highest BCUT2D eigenvalue weighted by atomic mass is 35.5. The van der Waals surface area contributed by atoms with Crippen LogP contribution in [-0.4, -0.2) is 47.8 Å². The van der Waals surface area contributed by atoms with E-state index >= 15 is 0 Å². The summed E-state index contributed by atoms with van der Waals surface area (Å²) in [5, 5.41) is 3.75. The molecule has 1 aromatic heterocycles. The second kappa shape index (κ2) is 7.48. The van der Waals surface area contributed by atoms with E-state index in [1.807, 2.05) is 16.8 Å². The fourth-order valence-corrected chi connectivity index (χ4v) is 3.12. The number of carbonyl (C=O) groups is 2. The number of hydrogen-bond donors (Lipinski definition) is 1. The lowest BCUT2D eigenvalue weighted by Crippen LogP contribution is -2.50. The molecular formula is C16H18ClN3O2S. The minimum Gasteiger partial charge on any atom is -0.399 e. The first-order valence-corrected chi connectivity index (χ1v) is 8.06. The molecule has 1 saturated heterocycles. The van der Waals surface area contributed by atoms with E-state index in [9.17, 15) is 9.59 Å². The average molecular weight is 352 g/mol. The molecule has 0 spiro atoms. The third-order valence-electron chi connectivity index (χ3n) is 3.78. The third kappa shape index (κ3) is 3.83. The fourth-order valence-electron chi connectivity index (χ4n) is 2.49. The van der Waals surface area contributed by atoms with E-state index in [1.54, 1.807) is 34.1 Å². The van der Waals surface area contributed by atoms with Crippen LogP contribution in [0.1, 0.15) is 20.7 Å². The molecule has 2 aromatic rings. The lowest BCUT2D eigenvalue weighted by molar-refractivity contribution is 0.0536. The molecule has 1 aromatic carbocycles. The lowest BCUT2D eigenvalue weighted by atomic mass is 10.1. The SMILES string of the molecule is Cl.Nc1ccc(C(=O)N2CCN(C(=O)c3ccsc3)CC2)cc1. The normalized spacial score (nSPS) is 14.3. The molecule has 0 unspecified atom stereocenters. The van der Waals surface area contributed by atoms with Crippen molar-refractivity contribution in [3.63, 3.8) is 0 Å². The Morgan fingerprint density at radius 3 is 1.87 bits per heavy atom. The van der Waals surface area contributed by atoms with Crippen molar-refractivity contribution in [3.8, 4) is 0 Å². The highest BCUT2D eigenvalue weighted by Gasteiger charge is 2.25. The van der Waals surface area contributed by atoms with Gasteiger partial charge in [-0.05, 0) is 35.7 Å². The van der Waals surface area contributed by atoms with E-state index in [0.29, 0.717) is 37.4 Å². The number of rotatable bonds is 2. The number of amides is 2. The van der Waals surface area contributed by atoms with Gasteiger partial charge in [0, 0.05) is 42.8 Å². The molecule has 1 aliphatic rings.